The molecule has 18 heavy (non-hydrogen) atoms. The first-order valence-corrected chi connectivity index (χ1v) is 6.08. The minimum Gasteiger partial charge on any atom is -0.475 e. The number of halogens is 3. The second-order valence-electron chi connectivity index (χ2n) is 3.10. The number of hydrogen-bond acceptors (Lipinski definition) is 3. The van der Waals surface area contributed by atoms with Crippen molar-refractivity contribution in [1.82, 2.24) is 0 Å². The van der Waals surface area contributed by atoms with Crippen LogP contribution in [0, 0.1) is 0 Å². The maximum absolute atomic E-state index is 10.6. The van der Waals surface area contributed by atoms with Crippen molar-refractivity contribution >= 4 is 16.0 Å². The first kappa shape index (κ1) is 16.4. The van der Waals surface area contributed by atoms with Gasteiger partial charge in [0.05, 0.1) is 5.75 Å². The van der Waals surface area contributed by atoms with Crippen molar-refractivity contribution in [3.8, 4) is 0 Å². The number of aliphatic carboxylic acids is 1. The Balaban J connectivity index is 0.000000360. The highest BCUT2D eigenvalue weighted by Crippen LogP contribution is 2.13. The third-order valence-corrected chi connectivity index (χ3v) is 2.19. The van der Waals surface area contributed by atoms with Crippen molar-refractivity contribution in [2.75, 3.05) is 0 Å². The minimum atomic E-state index is -5.08. The van der Waals surface area contributed by atoms with E-state index in [4.69, 9.17) is 15.0 Å². The molecule has 9 heteroatoms. The molecule has 0 heterocycles. The molecule has 0 aliphatic rings. The molecular formula is C9H10F3NO4S. The van der Waals surface area contributed by atoms with Crippen molar-refractivity contribution in [2.45, 2.75) is 11.9 Å². The summed E-state index contributed by atoms with van der Waals surface area (Å²) in [6, 6.07) is 8.84. The van der Waals surface area contributed by atoms with E-state index >= 15 is 0 Å². The molecule has 0 aliphatic heterocycles. The van der Waals surface area contributed by atoms with E-state index in [1.165, 1.54) is 0 Å². The molecule has 1 aromatic carbocycles. The Bertz CT molecular complexity index is 484. The Morgan fingerprint density at radius 2 is 1.61 bits per heavy atom. The Labute approximate surface area is 101 Å². The molecule has 3 N–H and O–H groups in total. The van der Waals surface area contributed by atoms with Crippen molar-refractivity contribution in [3.05, 3.63) is 35.9 Å². The number of benzene rings is 1. The van der Waals surface area contributed by atoms with E-state index in [1.54, 1.807) is 24.3 Å². The van der Waals surface area contributed by atoms with Gasteiger partial charge >= 0.3 is 12.1 Å². The molecule has 0 bridgehead atoms. The fraction of sp³-hybridized carbons (Fsp3) is 0.222. The van der Waals surface area contributed by atoms with Gasteiger partial charge in [-0.15, -0.1) is 0 Å². The number of primary sulfonamides is 1. The summed E-state index contributed by atoms with van der Waals surface area (Å²) in [6.07, 6.45) is -5.08. The Kier molecular flexibility index (Phi) is 5.79. The summed E-state index contributed by atoms with van der Waals surface area (Å²) in [5.41, 5.74) is 0.718. The van der Waals surface area contributed by atoms with Crippen molar-refractivity contribution in [2.24, 2.45) is 5.14 Å². The number of hydrogen-bond donors (Lipinski definition) is 2. The summed E-state index contributed by atoms with van der Waals surface area (Å²) < 4.78 is 52.9. The third kappa shape index (κ3) is 8.53. The largest absolute Gasteiger partial charge is 0.490 e. The fourth-order valence-corrected chi connectivity index (χ4v) is 1.46. The SMILES string of the molecule is NS(=O)(=O)Cc1ccccc1.O=C(O)C(F)(F)F. The van der Waals surface area contributed by atoms with Crippen LogP contribution in [0.3, 0.4) is 0 Å². The monoisotopic (exact) mass is 285 g/mol. The van der Waals surface area contributed by atoms with Crippen molar-refractivity contribution in [1.29, 1.82) is 0 Å². The molecule has 1 rings (SSSR count). The zero-order valence-corrected chi connectivity index (χ0v) is 9.70. The molecule has 0 unspecified atom stereocenters. The molecule has 0 aromatic heterocycles. The number of alkyl halides is 3. The van der Waals surface area contributed by atoms with Crippen LogP contribution in [-0.4, -0.2) is 25.7 Å². The molecular weight excluding hydrogens is 275 g/mol. The number of sulfonamides is 1. The van der Waals surface area contributed by atoms with Gasteiger partial charge < -0.3 is 5.11 Å². The van der Waals surface area contributed by atoms with Crippen LogP contribution >= 0.6 is 0 Å². The predicted octanol–water partition coefficient (Wildman–Crippen LogP) is 1.11. The molecule has 0 amide bonds. The quantitative estimate of drug-likeness (QED) is 0.850. The van der Waals surface area contributed by atoms with Gasteiger partial charge in [-0.05, 0) is 5.56 Å². The zero-order valence-electron chi connectivity index (χ0n) is 8.89. The second kappa shape index (κ2) is 6.36. The van der Waals surface area contributed by atoms with Gasteiger partial charge in [-0.25, -0.2) is 18.4 Å². The molecule has 0 radical (unpaired) electrons. The summed E-state index contributed by atoms with van der Waals surface area (Å²) in [7, 11) is -3.38. The van der Waals surface area contributed by atoms with Crippen LogP contribution in [0.1, 0.15) is 5.56 Å². The van der Waals surface area contributed by atoms with Gasteiger partial charge in [0, 0.05) is 0 Å². The average Bonchev–Trinajstić information content (AvgIpc) is 2.15. The number of carboxylic acids is 1. The van der Waals surface area contributed by atoms with Gasteiger partial charge in [0.1, 0.15) is 0 Å². The lowest BCUT2D eigenvalue weighted by molar-refractivity contribution is -0.192. The van der Waals surface area contributed by atoms with Crippen LogP contribution in [-0.2, 0) is 20.6 Å². The molecule has 0 saturated carbocycles. The summed E-state index contributed by atoms with van der Waals surface area (Å²) in [4.78, 5) is 8.90. The van der Waals surface area contributed by atoms with Crippen LogP contribution in [0.5, 0.6) is 0 Å². The summed E-state index contributed by atoms with van der Waals surface area (Å²) in [5, 5.41) is 12.0. The molecule has 1 aromatic rings. The molecule has 0 atom stereocenters. The molecule has 5 nitrogen and oxygen atoms in total. The lowest BCUT2D eigenvalue weighted by Crippen LogP contribution is -2.21. The van der Waals surface area contributed by atoms with Crippen LogP contribution in [0.4, 0.5) is 13.2 Å². The van der Waals surface area contributed by atoms with Crippen LogP contribution < -0.4 is 5.14 Å². The normalized spacial score (nSPS) is 11.3. The summed E-state index contributed by atoms with van der Waals surface area (Å²) >= 11 is 0. The van der Waals surface area contributed by atoms with Crippen LogP contribution in [0.15, 0.2) is 30.3 Å². The highest BCUT2D eigenvalue weighted by atomic mass is 32.2. The zero-order chi connectivity index (χ0) is 14.4. The van der Waals surface area contributed by atoms with Gasteiger partial charge in [-0.3, -0.25) is 0 Å². The van der Waals surface area contributed by atoms with Gasteiger partial charge in [-0.1, -0.05) is 30.3 Å². The maximum atomic E-state index is 10.6. The third-order valence-electron chi connectivity index (χ3n) is 1.45. The number of carbonyl (C=O) groups is 1. The number of rotatable bonds is 2. The van der Waals surface area contributed by atoms with E-state index in [-0.39, 0.29) is 5.75 Å². The Morgan fingerprint density at radius 3 is 1.89 bits per heavy atom. The van der Waals surface area contributed by atoms with Gasteiger partial charge in [0.2, 0.25) is 10.0 Å². The van der Waals surface area contributed by atoms with E-state index in [0.29, 0.717) is 0 Å². The van der Waals surface area contributed by atoms with E-state index in [0.717, 1.165) is 5.56 Å². The average molecular weight is 285 g/mol. The summed E-state index contributed by atoms with van der Waals surface area (Å²) in [6.45, 7) is 0. The van der Waals surface area contributed by atoms with Gasteiger partial charge in [0.25, 0.3) is 0 Å². The lowest BCUT2D eigenvalue weighted by Gasteiger charge is -1.96. The maximum Gasteiger partial charge on any atom is 0.490 e. The topological polar surface area (TPSA) is 97.5 Å². The van der Waals surface area contributed by atoms with E-state index in [9.17, 15) is 21.6 Å². The molecule has 0 aliphatic carbocycles. The number of nitrogens with two attached hydrogens (primary N) is 1. The molecule has 0 fully saturated rings. The van der Waals surface area contributed by atoms with Gasteiger partial charge in [0.15, 0.2) is 0 Å². The first-order chi connectivity index (χ1) is 8.02. The minimum absolute atomic E-state index is 0.0894. The Morgan fingerprint density at radius 1 is 1.22 bits per heavy atom. The van der Waals surface area contributed by atoms with Crippen LogP contribution in [0.2, 0.25) is 0 Å². The van der Waals surface area contributed by atoms with E-state index in [2.05, 4.69) is 0 Å². The lowest BCUT2D eigenvalue weighted by atomic mass is 10.2. The molecule has 0 saturated heterocycles. The summed E-state index contributed by atoms with van der Waals surface area (Å²) in [5.74, 6) is -2.85. The smallest absolute Gasteiger partial charge is 0.475 e. The standard InChI is InChI=1S/C7H9NO2S.C2HF3O2/c8-11(9,10)6-7-4-2-1-3-5-7;3-2(4,5)1(6)7/h1-5H,6H2,(H2,8,9,10);(H,6,7). The highest BCUT2D eigenvalue weighted by Gasteiger charge is 2.38. The fourth-order valence-electron chi connectivity index (χ4n) is 0.807. The van der Waals surface area contributed by atoms with Crippen molar-refractivity contribution < 1.29 is 31.5 Å². The second-order valence-corrected chi connectivity index (χ2v) is 4.71. The molecule has 102 valence electrons. The molecule has 0 spiro atoms. The predicted molar refractivity (Wildman–Crippen MR) is 56.9 cm³/mol. The number of carboxylic acid groups (broad SMARTS) is 1. The van der Waals surface area contributed by atoms with E-state index in [1.807, 2.05) is 6.07 Å². The van der Waals surface area contributed by atoms with E-state index < -0.39 is 22.2 Å². The Hall–Kier alpha value is -1.61. The first-order valence-electron chi connectivity index (χ1n) is 4.37. The van der Waals surface area contributed by atoms with Crippen LogP contribution in [0.25, 0.3) is 0 Å². The van der Waals surface area contributed by atoms with Crippen molar-refractivity contribution in [3.63, 3.8) is 0 Å². The van der Waals surface area contributed by atoms with Gasteiger partial charge in [-0.2, -0.15) is 13.2 Å². The highest BCUT2D eigenvalue weighted by molar-refractivity contribution is 7.88.